The lowest BCUT2D eigenvalue weighted by molar-refractivity contribution is -0.160. The molecule has 0 fully saturated rings. The first kappa shape index (κ1) is 15.8. The lowest BCUT2D eigenvalue weighted by atomic mass is 9.95. The van der Waals surface area contributed by atoms with Crippen molar-refractivity contribution in [1.29, 1.82) is 0 Å². The van der Waals surface area contributed by atoms with Gasteiger partial charge in [0.05, 0.1) is 12.5 Å². The number of esters is 2. The molecule has 110 valence electrons. The predicted molar refractivity (Wildman–Crippen MR) is 73.1 cm³/mol. The van der Waals surface area contributed by atoms with Gasteiger partial charge in [0.15, 0.2) is 6.61 Å². The summed E-state index contributed by atoms with van der Waals surface area (Å²) in [6, 6.07) is 6.72. The third-order valence-electron chi connectivity index (χ3n) is 2.55. The lowest BCUT2D eigenvalue weighted by Crippen LogP contribution is -2.32. The van der Waals surface area contributed by atoms with Crippen LogP contribution < -0.4 is 10.5 Å². The quantitative estimate of drug-likeness (QED) is 0.626. The molecule has 0 saturated carbocycles. The zero-order chi connectivity index (χ0) is 15.2. The summed E-state index contributed by atoms with van der Waals surface area (Å²) in [6.45, 7) is 2.94. The van der Waals surface area contributed by atoms with Crippen molar-refractivity contribution in [3.8, 4) is 5.75 Å². The average Bonchev–Trinajstić information content (AvgIpc) is 2.42. The molecule has 6 heteroatoms. The molecule has 0 amide bonds. The number of benzene rings is 1. The fourth-order valence-electron chi connectivity index (χ4n) is 1.38. The van der Waals surface area contributed by atoms with Crippen molar-refractivity contribution in [3.63, 3.8) is 0 Å². The van der Waals surface area contributed by atoms with E-state index < -0.39 is 17.4 Å². The molecule has 0 bridgehead atoms. The van der Waals surface area contributed by atoms with Crippen molar-refractivity contribution in [2.75, 3.05) is 26.1 Å². The Morgan fingerprint density at radius 3 is 2.60 bits per heavy atom. The van der Waals surface area contributed by atoms with E-state index in [0.717, 1.165) is 0 Å². The van der Waals surface area contributed by atoms with Gasteiger partial charge in [-0.05, 0) is 26.0 Å². The van der Waals surface area contributed by atoms with Crippen LogP contribution in [0.1, 0.15) is 13.8 Å². The molecule has 0 saturated heterocycles. The van der Waals surface area contributed by atoms with E-state index in [4.69, 9.17) is 15.2 Å². The first-order chi connectivity index (χ1) is 9.35. The maximum atomic E-state index is 11.5. The average molecular weight is 281 g/mol. The zero-order valence-electron chi connectivity index (χ0n) is 11.8. The number of ether oxygens (including phenoxy) is 3. The third kappa shape index (κ3) is 4.79. The van der Waals surface area contributed by atoms with Gasteiger partial charge >= 0.3 is 11.9 Å². The van der Waals surface area contributed by atoms with Gasteiger partial charge in [-0.3, -0.25) is 4.79 Å². The summed E-state index contributed by atoms with van der Waals surface area (Å²) in [5.41, 5.74) is 5.24. The highest BCUT2D eigenvalue weighted by atomic mass is 16.6. The topological polar surface area (TPSA) is 87.8 Å². The third-order valence-corrected chi connectivity index (χ3v) is 2.55. The van der Waals surface area contributed by atoms with Crippen LogP contribution >= 0.6 is 0 Å². The largest absolute Gasteiger partial charge is 0.482 e. The van der Waals surface area contributed by atoms with Crippen LogP contribution in [0.25, 0.3) is 0 Å². The van der Waals surface area contributed by atoms with Crippen molar-refractivity contribution in [2.45, 2.75) is 13.8 Å². The monoisotopic (exact) mass is 281 g/mol. The van der Waals surface area contributed by atoms with Crippen molar-refractivity contribution in [1.82, 2.24) is 0 Å². The fourth-order valence-corrected chi connectivity index (χ4v) is 1.38. The second-order valence-electron chi connectivity index (χ2n) is 4.90. The molecule has 0 aliphatic heterocycles. The van der Waals surface area contributed by atoms with Crippen molar-refractivity contribution in [2.24, 2.45) is 5.41 Å². The van der Waals surface area contributed by atoms with Crippen LogP contribution in [-0.4, -0.2) is 32.3 Å². The molecule has 0 unspecified atom stereocenters. The second kappa shape index (κ2) is 6.79. The number of nitrogen functional groups attached to an aromatic ring is 1. The van der Waals surface area contributed by atoms with Gasteiger partial charge in [0.2, 0.25) is 0 Å². The molecule has 20 heavy (non-hydrogen) atoms. The molecule has 6 nitrogen and oxygen atoms in total. The summed E-state index contributed by atoms with van der Waals surface area (Å²) in [5, 5.41) is 0. The normalized spacial score (nSPS) is 10.8. The molecular weight excluding hydrogens is 262 g/mol. The van der Waals surface area contributed by atoms with E-state index in [9.17, 15) is 9.59 Å². The van der Waals surface area contributed by atoms with Crippen LogP contribution in [0, 0.1) is 5.41 Å². The first-order valence-corrected chi connectivity index (χ1v) is 6.07. The smallest absolute Gasteiger partial charge is 0.344 e. The van der Waals surface area contributed by atoms with Gasteiger partial charge in [0.1, 0.15) is 12.4 Å². The van der Waals surface area contributed by atoms with E-state index in [-0.39, 0.29) is 13.2 Å². The van der Waals surface area contributed by atoms with Crippen molar-refractivity contribution in [3.05, 3.63) is 24.3 Å². The van der Waals surface area contributed by atoms with E-state index in [1.54, 1.807) is 38.1 Å². The Morgan fingerprint density at radius 2 is 2.00 bits per heavy atom. The van der Waals surface area contributed by atoms with Crippen LogP contribution in [-0.2, 0) is 19.1 Å². The summed E-state index contributed by atoms with van der Waals surface area (Å²) < 4.78 is 14.8. The first-order valence-electron chi connectivity index (χ1n) is 6.07. The number of rotatable bonds is 6. The van der Waals surface area contributed by atoms with Crippen LogP contribution in [0.5, 0.6) is 5.75 Å². The molecule has 0 aliphatic rings. The minimum Gasteiger partial charge on any atom is -0.482 e. The predicted octanol–water partition coefficient (Wildman–Crippen LogP) is 1.39. The van der Waals surface area contributed by atoms with E-state index >= 15 is 0 Å². The van der Waals surface area contributed by atoms with Gasteiger partial charge < -0.3 is 19.9 Å². The van der Waals surface area contributed by atoms with E-state index in [1.807, 2.05) is 0 Å². The summed E-state index contributed by atoms with van der Waals surface area (Å²) >= 11 is 0. The maximum Gasteiger partial charge on any atom is 0.344 e. The van der Waals surface area contributed by atoms with Gasteiger partial charge in [-0.15, -0.1) is 0 Å². The van der Waals surface area contributed by atoms with Crippen LogP contribution in [0.2, 0.25) is 0 Å². The van der Waals surface area contributed by atoms with Crippen LogP contribution in [0.4, 0.5) is 5.69 Å². The van der Waals surface area contributed by atoms with E-state index in [2.05, 4.69) is 4.74 Å². The SMILES string of the molecule is COC(=O)C(C)(C)COC(=O)COc1cccc(N)c1. The molecule has 1 aromatic rings. The molecule has 0 spiro atoms. The highest BCUT2D eigenvalue weighted by Crippen LogP contribution is 2.18. The van der Waals surface area contributed by atoms with Gasteiger partial charge in [0.25, 0.3) is 0 Å². The van der Waals surface area contributed by atoms with Gasteiger partial charge in [0, 0.05) is 11.8 Å². The molecule has 0 heterocycles. The molecule has 0 aliphatic carbocycles. The highest BCUT2D eigenvalue weighted by molar-refractivity contribution is 5.77. The molecular formula is C14H19NO5. The number of carbonyl (C=O) groups is 2. The Balaban J connectivity index is 2.39. The summed E-state index contributed by atoms with van der Waals surface area (Å²) in [5.74, 6) is -0.527. The van der Waals surface area contributed by atoms with Crippen molar-refractivity contribution >= 4 is 17.6 Å². The Morgan fingerprint density at radius 1 is 1.30 bits per heavy atom. The van der Waals surface area contributed by atoms with E-state index in [1.165, 1.54) is 7.11 Å². The second-order valence-corrected chi connectivity index (χ2v) is 4.90. The molecule has 0 atom stereocenters. The minimum atomic E-state index is -0.887. The number of hydrogen-bond acceptors (Lipinski definition) is 6. The molecule has 2 N–H and O–H groups in total. The number of anilines is 1. The van der Waals surface area contributed by atoms with Crippen molar-refractivity contribution < 1.29 is 23.8 Å². The molecule has 0 aromatic heterocycles. The Bertz CT molecular complexity index is 484. The van der Waals surface area contributed by atoms with Crippen LogP contribution in [0.15, 0.2) is 24.3 Å². The lowest BCUT2D eigenvalue weighted by Gasteiger charge is -2.20. The number of methoxy groups -OCH3 is 1. The summed E-state index contributed by atoms with van der Waals surface area (Å²) in [4.78, 5) is 22.9. The maximum absolute atomic E-state index is 11.5. The van der Waals surface area contributed by atoms with E-state index in [0.29, 0.717) is 11.4 Å². The minimum absolute atomic E-state index is 0.0706. The number of nitrogens with two attached hydrogens (primary N) is 1. The molecule has 0 radical (unpaired) electrons. The molecule has 1 rings (SSSR count). The fraction of sp³-hybridized carbons (Fsp3) is 0.429. The van der Waals surface area contributed by atoms with Crippen LogP contribution in [0.3, 0.4) is 0 Å². The Labute approximate surface area is 117 Å². The molecule has 1 aromatic carbocycles. The highest BCUT2D eigenvalue weighted by Gasteiger charge is 2.30. The van der Waals surface area contributed by atoms with Gasteiger partial charge in [-0.25, -0.2) is 4.79 Å². The number of carbonyl (C=O) groups excluding carboxylic acids is 2. The van der Waals surface area contributed by atoms with Gasteiger partial charge in [-0.1, -0.05) is 6.07 Å². The Hall–Kier alpha value is -2.24. The summed E-state index contributed by atoms with van der Waals surface area (Å²) in [7, 11) is 1.29. The standard InChI is InChI=1S/C14H19NO5/c1-14(2,13(17)18-3)9-20-12(16)8-19-11-6-4-5-10(15)7-11/h4-7H,8-9,15H2,1-3H3. The number of hydrogen-bond donors (Lipinski definition) is 1. The zero-order valence-corrected chi connectivity index (χ0v) is 11.8. The summed E-state index contributed by atoms with van der Waals surface area (Å²) in [6.07, 6.45) is 0. The van der Waals surface area contributed by atoms with Gasteiger partial charge in [-0.2, -0.15) is 0 Å². The Kier molecular flexibility index (Phi) is 5.37.